The molecular formula is C9H13N3OS. The molecule has 1 heterocycles. The van der Waals surface area contributed by atoms with Crippen molar-refractivity contribution in [3.8, 4) is 5.88 Å². The molecule has 1 aromatic rings. The third-order valence-electron chi connectivity index (χ3n) is 1.30. The van der Waals surface area contributed by atoms with Gasteiger partial charge in [0.1, 0.15) is 16.3 Å². The van der Waals surface area contributed by atoms with E-state index in [2.05, 4.69) is 10.2 Å². The molecule has 0 saturated heterocycles. The van der Waals surface area contributed by atoms with Crippen LogP contribution in [-0.2, 0) is 0 Å². The summed E-state index contributed by atoms with van der Waals surface area (Å²) < 4.78 is 5.48. The Morgan fingerprint density at radius 3 is 2.36 bits per heavy atom. The molecule has 0 spiro atoms. The molecule has 0 saturated carbocycles. The Hall–Kier alpha value is -1.23. The van der Waals surface area contributed by atoms with Crippen LogP contribution in [0.25, 0.3) is 0 Å². The number of thiocarbonyl (C=S) groups is 1. The average Bonchev–Trinajstić information content (AvgIpc) is 2.02. The van der Waals surface area contributed by atoms with Crippen molar-refractivity contribution in [1.29, 1.82) is 0 Å². The van der Waals surface area contributed by atoms with E-state index in [1.165, 1.54) is 0 Å². The van der Waals surface area contributed by atoms with Gasteiger partial charge in [-0.25, -0.2) is 0 Å². The van der Waals surface area contributed by atoms with Crippen LogP contribution < -0.4 is 10.5 Å². The zero-order valence-corrected chi connectivity index (χ0v) is 9.26. The number of ether oxygens (including phenoxy) is 1. The second-order valence-corrected chi connectivity index (χ2v) is 4.28. The fraction of sp³-hybridized carbons (Fsp3) is 0.444. The summed E-state index contributed by atoms with van der Waals surface area (Å²) in [7, 11) is 0. The first kappa shape index (κ1) is 10.8. The van der Waals surface area contributed by atoms with Crippen LogP contribution in [0.4, 0.5) is 0 Å². The van der Waals surface area contributed by atoms with E-state index in [9.17, 15) is 0 Å². The number of hydrogen-bond acceptors (Lipinski definition) is 4. The van der Waals surface area contributed by atoms with Crippen molar-refractivity contribution in [3.63, 3.8) is 0 Å². The van der Waals surface area contributed by atoms with Crippen LogP contribution in [0.5, 0.6) is 5.88 Å². The van der Waals surface area contributed by atoms with E-state index in [0.29, 0.717) is 11.6 Å². The van der Waals surface area contributed by atoms with E-state index in [1.54, 1.807) is 12.1 Å². The van der Waals surface area contributed by atoms with E-state index in [-0.39, 0.29) is 10.6 Å². The second-order valence-electron chi connectivity index (χ2n) is 3.84. The lowest BCUT2D eigenvalue weighted by Crippen LogP contribution is -2.24. The maximum absolute atomic E-state index is 5.48. The van der Waals surface area contributed by atoms with Crippen LogP contribution in [0.1, 0.15) is 26.5 Å². The topological polar surface area (TPSA) is 61.0 Å². The highest BCUT2D eigenvalue weighted by Crippen LogP contribution is 2.13. The summed E-state index contributed by atoms with van der Waals surface area (Å²) in [6.07, 6.45) is 0. The van der Waals surface area contributed by atoms with Crippen molar-refractivity contribution in [2.75, 3.05) is 0 Å². The highest BCUT2D eigenvalue weighted by Gasteiger charge is 2.12. The molecule has 0 bridgehead atoms. The van der Waals surface area contributed by atoms with Crippen molar-refractivity contribution < 1.29 is 4.74 Å². The third kappa shape index (κ3) is 3.26. The molecule has 0 aliphatic heterocycles. The molecule has 2 N–H and O–H groups in total. The van der Waals surface area contributed by atoms with Gasteiger partial charge >= 0.3 is 0 Å². The van der Waals surface area contributed by atoms with Crippen molar-refractivity contribution in [2.45, 2.75) is 26.4 Å². The normalized spacial score (nSPS) is 11.1. The van der Waals surface area contributed by atoms with Crippen molar-refractivity contribution in [2.24, 2.45) is 5.73 Å². The highest BCUT2D eigenvalue weighted by molar-refractivity contribution is 7.80. The lowest BCUT2D eigenvalue weighted by molar-refractivity contribution is 0.122. The van der Waals surface area contributed by atoms with Gasteiger partial charge in [0, 0.05) is 6.07 Å². The fourth-order valence-electron chi connectivity index (χ4n) is 0.820. The number of rotatable bonds is 2. The maximum Gasteiger partial charge on any atom is 0.233 e. The summed E-state index contributed by atoms with van der Waals surface area (Å²) in [5.41, 5.74) is 5.60. The van der Waals surface area contributed by atoms with Gasteiger partial charge in [0.2, 0.25) is 5.88 Å². The Morgan fingerprint density at radius 2 is 2.00 bits per heavy atom. The molecule has 5 heteroatoms. The Labute approximate surface area is 88.5 Å². The SMILES string of the molecule is CC(C)(C)Oc1ccc(C(N)=S)nn1. The molecule has 76 valence electrons. The molecule has 0 amide bonds. The minimum atomic E-state index is -0.278. The van der Waals surface area contributed by atoms with E-state index in [0.717, 1.165) is 0 Å². The van der Waals surface area contributed by atoms with Crippen molar-refractivity contribution >= 4 is 17.2 Å². The molecule has 0 atom stereocenters. The maximum atomic E-state index is 5.48. The molecular weight excluding hydrogens is 198 g/mol. The predicted molar refractivity (Wildman–Crippen MR) is 58.3 cm³/mol. The lowest BCUT2D eigenvalue weighted by Gasteiger charge is -2.19. The standard InChI is InChI=1S/C9H13N3OS/c1-9(2,3)13-7-5-4-6(8(10)14)11-12-7/h4-5H,1-3H3,(H2,10,14). The highest BCUT2D eigenvalue weighted by atomic mass is 32.1. The smallest absolute Gasteiger partial charge is 0.233 e. The Bertz CT molecular complexity index is 329. The predicted octanol–water partition coefficient (Wildman–Crippen LogP) is 1.29. The Morgan fingerprint density at radius 1 is 1.36 bits per heavy atom. The number of nitrogens with two attached hydrogens (primary N) is 1. The molecule has 1 rings (SSSR count). The van der Waals surface area contributed by atoms with Gasteiger partial charge in [0.15, 0.2) is 0 Å². The summed E-state index contributed by atoms with van der Waals surface area (Å²) in [4.78, 5) is 0.236. The molecule has 1 aromatic heterocycles. The van der Waals surface area contributed by atoms with Gasteiger partial charge in [-0.15, -0.1) is 10.2 Å². The molecule has 0 radical (unpaired) electrons. The summed E-state index contributed by atoms with van der Waals surface area (Å²) in [6.45, 7) is 5.82. The van der Waals surface area contributed by atoms with E-state index in [4.69, 9.17) is 22.7 Å². The fourth-order valence-corrected chi connectivity index (χ4v) is 0.928. The molecule has 0 aliphatic carbocycles. The third-order valence-corrected chi connectivity index (χ3v) is 1.51. The van der Waals surface area contributed by atoms with Gasteiger partial charge in [-0.05, 0) is 26.8 Å². The van der Waals surface area contributed by atoms with E-state index in [1.807, 2.05) is 20.8 Å². The number of hydrogen-bond donors (Lipinski definition) is 1. The van der Waals surface area contributed by atoms with Crippen LogP contribution >= 0.6 is 12.2 Å². The molecule has 0 aromatic carbocycles. The zero-order valence-electron chi connectivity index (χ0n) is 8.44. The average molecular weight is 211 g/mol. The first-order chi connectivity index (χ1) is 6.38. The monoisotopic (exact) mass is 211 g/mol. The van der Waals surface area contributed by atoms with Gasteiger partial charge in [-0.2, -0.15) is 0 Å². The minimum absolute atomic E-state index is 0.236. The lowest BCUT2D eigenvalue weighted by atomic mass is 10.2. The largest absolute Gasteiger partial charge is 0.471 e. The Kier molecular flexibility index (Phi) is 3.00. The van der Waals surface area contributed by atoms with E-state index >= 15 is 0 Å². The molecule has 4 nitrogen and oxygen atoms in total. The van der Waals surface area contributed by atoms with Crippen LogP contribution in [0.3, 0.4) is 0 Å². The number of aromatic nitrogens is 2. The summed E-state index contributed by atoms with van der Waals surface area (Å²) >= 11 is 4.75. The van der Waals surface area contributed by atoms with E-state index < -0.39 is 0 Å². The quantitative estimate of drug-likeness (QED) is 0.747. The van der Waals surface area contributed by atoms with Crippen molar-refractivity contribution in [3.05, 3.63) is 17.8 Å². The minimum Gasteiger partial charge on any atom is -0.471 e. The molecule has 0 aliphatic rings. The van der Waals surface area contributed by atoms with Crippen LogP contribution in [0, 0.1) is 0 Å². The van der Waals surface area contributed by atoms with Gasteiger partial charge in [0.25, 0.3) is 0 Å². The summed E-state index contributed by atoms with van der Waals surface area (Å²) in [6, 6.07) is 3.39. The second kappa shape index (κ2) is 3.88. The van der Waals surface area contributed by atoms with Gasteiger partial charge in [0.05, 0.1) is 0 Å². The summed E-state index contributed by atoms with van der Waals surface area (Å²) in [5, 5.41) is 7.67. The van der Waals surface area contributed by atoms with Crippen LogP contribution in [0.15, 0.2) is 12.1 Å². The van der Waals surface area contributed by atoms with Gasteiger partial charge < -0.3 is 10.5 Å². The van der Waals surface area contributed by atoms with Gasteiger partial charge in [-0.1, -0.05) is 12.2 Å². The first-order valence-electron chi connectivity index (χ1n) is 4.21. The number of nitrogens with zero attached hydrogens (tertiary/aromatic N) is 2. The molecule has 0 unspecified atom stereocenters. The van der Waals surface area contributed by atoms with Crippen molar-refractivity contribution in [1.82, 2.24) is 10.2 Å². The molecule has 14 heavy (non-hydrogen) atoms. The first-order valence-corrected chi connectivity index (χ1v) is 4.62. The zero-order chi connectivity index (χ0) is 10.8. The Balaban J connectivity index is 2.79. The molecule has 0 fully saturated rings. The summed E-state index contributed by atoms with van der Waals surface area (Å²) in [5.74, 6) is 0.470. The van der Waals surface area contributed by atoms with Gasteiger partial charge in [-0.3, -0.25) is 0 Å². The van der Waals surface area contributed by atoms with Crippen LogP contribution in [-0.4, -0.2) is 20.8 Å². The van der Waals surface area contributed by atoms with Crippen LogP contribution in [0.2, 0.25) is 0 Å².